The minimum atomic E-state index is 0.0678. The molecule has 0 aliphatic heterocycles. The molecule has 2 heterocycles. The van der Waals surface area contributed by atoms with E-state index in [4.69, 9.17) is 0 Å². The quantitative estimate of drug-likeness (QED) is 0.672. The lowest BCUT2D eigenvalue weighted by Gasteiger charge is -1.99. The third-order valence-corrected chi connectivity index (χ3v) is 2.61. The third kappa shape index (κ3) is 2.63. The summed E-state index contributed by atoms with van der Waals surface area (Å²) in [6.07, 6.45) is 10.2. The molecular formula is C15H15N3O. The Bertz CT molecular complexity index is 692. The van der Waals surface area contributed by atoms with Gasteiger partial charge in [0.25, 0.3) is 0 Å². The van der Waals surface area contributed by atoms with Gasteiger partial charge in [0.15, 0.2) is 0 Å². The normalized spacial score (nSPS) is 12.7. The molecule has 0 fully saturated rings. The molecule has 0 bridgehead atoms. The van der Waals surface area contributed by atoms with E-state index in [1.807, 2.05) is 25.4 Å². The van der Waals surface area contributed by atoms with E-state index < -0.39 is 0 Å². The van der Waals surface area contributed by atoms with E-state index in [2.05, 4.69) is 23.1 Å². The van der Waals surface area contributed by atoms with E-state index in [-0.39, 0.29) is 5.76 Å². The molecule has 0 amide bonds. The Morgan fingerprint density at radius 1 is 1.37 bits per heavy atom. The van der Waals surface area contributed by atoms with Gasteiger partial charge in [0, 0.05) is 23.7 Å². The second-order valence-corrected chi connectivity index (χ2v) is 4.00. The lowest BCUT2D eigenvalue weighted by atomic mass is 10.1. The summed E-state index contributed by atoms with van der Waals surface area (Å²) in [6.45, 7) is 9.08. The van der Waals surface area contributed by atoms with E-state index in [9.17, 15) is 5.11 Å². The number of hydrogen-bond donors (Lipinski definition) is 1. The zero-order chi connectivity index (χ0) is 13.8. The van der Waals surface area contributed by atoms with Gasteiger partial charge in [-0.25, -0.2) is 9.97 Å². The van der Waals surface area contributed by atoms with Crippen molar-refractivity contribution in [3.8, 4) is 0 Å². The minimum Gasteiger partial charge on any atom is -0.507 e. The van der Waals surface area contributed by atoms with Crippen LogP contribution in [0.25, 0.3) is 11.4 Å². The average Bonchev–Trinajstić information content (AvgIpc) is 2.81. The predicted molar refractivity (Wildman–Crippen MR) is 76.8 cm³/mol. The standard InChI is InChI=1S/C15H15N3O/c1-4-6-7-12(14(19)5-2)13-10-18-9-8-11(3)16-15(18)17-13/h4-10,19H,1-2H2,3H3/b7-6-,14-12-. The maximum absolute atomic E-state index is 9.88. The molecule has 0 aromatic carbocycles. The van der Waals surface area contributed by atoms with Gasteiger partial charge in [-0.1, -0.05) is 25.3 Å². The third-order valence-electron chi connectivity index (χ3n) is 2.61. The van der Waals surface area contributed by atoms with E-state index in [0.717, 1.165) is 5.69 Å². The molecule has 0 atom stereocenters. The average molecular weight is 253 g/mol. The molecule has 0 aliphatic carbocycles. The monoisotopic (exact) mass is 253 g/mol. The summed E-state index contributed by atoms with van der Waals surface area (Å²) in [5.41, 5.74) is 2.11. The van der Waals surface area contributed by atoms with E-state index in [0.29, 0.717) is 17.0 Å². The fourth-order valence-corrected chi connectivity index (χ4v) is 1.67. The summed E-state index contributed by atoms with van der Waals surface area (Å²) in [4.78, 5) is 8.72. The van der Waals surface area contributed by atoms with Crippen LogP contribution < -0.4 is 0 Å². The highest BCUT2D eigenvalue weighted by Gasteiger charge is 2.09. The lowest BCUT2D eigenvalue weighted by molar-refractivity contribution is 0.436. The molecule has 0 aliphatic rings. The number of hydrogen-bond acceptors (Lipinski definition) is 3. The molecule has 0 saturated heterocycles. The van der Waals surface area contributed by atoms with Crippen LogP contribution in [-0.2, 0) is 0 Å². The Balaban J connectivity index is 2.59. The van der Waals surface area contributed by atoms with Gasteiger partial charge in [-0.05, 0) is 25.1 Å². The summed E-state index contributed by atoms with van der Waals surface area (Å²) in [5.74, 6) is 0.662. The first-order chi connectivity index (χ1) is 9.15. The molecular weight excluding hydrogens is 238 g/mol. The van der Waals surface area contributed by atoms with Crippen molar-refractivity contribution in [2.75, 3.05) is 0 Å². The summed E-state index contributed by atoms with van der Waals surface area (Å²) in [7, 11) is 0. The van der Waals surface area contributed by atoms with Gasteiger partial charge in [0.05, 0.1) is 5.69 Å². The fourth-order valence-electron chi connectivity index (χ4n) is 1.67. The summed E-state index contributed by atoms with van der Waals surface area (Å²) < 4.78 is 1.81. The molecule has 96 valence electrons. The SMILES string of the molecule is C=C/C=C\C(=C(\O)C=C)c1cn2ccc(C)nc2n1. The first-order valence-corrected chi connectivity index (χ1v) is 5.83. The number of rotatable bonds is 4. The Morgan fingerprint density at radius 3 is 2.84 bits per heavy atom. The molecule has 2 aromatic heterocycles. The molecule has 4 nitrogen and oxygen atoms in total. The van der Waals surface area contributed by atoms with Crippen molar-refractivity contribution in [1.29, 1.82) is 0 Å². The number of aryl methyl sites for hydroxylation is 1. The van der Waals surface area contributed by atoms with Crippen LogP contribution in [0.2, 0.25) is 0 Å². The number of aliphatic hydroxyl groups is 1. The summed E-state index contributed by atoms with van der Waals surface area (Å²) in [5, 5.41) is 9.88. The first-order valence-electron chi connectivity index (χ1n) is 5.83. The first kappa shape index (κ1) is 12.8. The molecule has 1 N–H and O–H groups in total. The zero-order valence-electron chi connectivity index (χ0n) is 10.7. The van der Waals surface area contributed by atoms with Crippen molar-refractivity contribution in [3.63, 3.8) is 0 Å². The Morgan fingerprint density at radius 2 is 2.16 bits per heavy atom. The summed E-state index contributed by atoms with van der Waals surface area (Å²) >= 11 is 0. The van der Waals surface area contributed by atoms with Crippen LogP contribution >= 0.6 is 0 Å². The summed E-state index contributed by atoms with van der Waals surface area (Å²) in [6, 6.07) is 1.90. The van der Waals surface area contributed by atoms with E-state index in [1.54, 1.807) is 22.6 Å². The van der Waals surface area contributed by atoms with Gasteiger partial charge >= 0.3 is 0 Å². The maximum Gasteiger partial charge on any atom is 0.234 e. The number of nitrogens with zero attached hydrogens (tertiary/aromatic N) is 3. The van der Waals surface area contributed by atoms with Gasteiger partial charge in [0.1, 0.15) is 5.76 Å². The second-order valence-electron chi connectivity index (χ2n) is 4.00. The van der Waals surface area contributed by atoms with Gasteiger partial charge in [-0.3, -0.25) is 4.40 Å². The van der Waals surface area contributed by atoms with Gasteiger partial charge in [-0.2, -0.15) is 0 Å². The van der Waals surface area contributed by atoms with Crippen molar-refractivity contribution in [3.05, 3.63) is 73.1 Å². The molecule has 0 saturated carbocycles. The van der Waals surface area contributed by atoms with E-state index >= 15 is 0 Å². The van der Waals surface area contributed by atoms with Gasteiger partial charge in [0.2, 0.25) is 5.78 Å². The number of aromatic nitrogens is 3. The molecule has 0 radical (unpaired) electrons. The smallest absolute Gasteiger partial charge is 0.234 e. The van der Waals surface area contributed by atoms with Crippen LogP contribution in [0.15, 0.2) is 61.7 Å². The number of allylic oxidation sites excluding steroid dienone is 5. The lowest BCUT2D eigenvalue weighted by Crippen LogP contribution is -1.88. The Labute approximate surface area is 111 Å². The van der Waals surface area contributed by atoms with Crippen LogP contribution in [-0.4, -0.2) is 19.5 Å². The molecule has 0 unspecified atom stereocenters. The molecule has 4 heteroatoms. The number of aliphatic hydroxyl groups excluding tert-OH is 1. The number of imidazole rings is 1. The van der Waals surface area contributed by atoms with Crippen LogP contribution in [0, 0.1) is 6.92 Å². The van der Waals surface area contributed by atoms with Crippen LogP contribution in [0.4, 0.5) is 0 Å². The van der Waals surface area contributed by atoms with Gasteiger partial charge < -0.3 is 5.11 Å². The van der Waals surface area contributed by atoms with Crippen molar-refractivity contribution in [2.45, 2.75) is 6.92 Å². The van der Waals surface area contributed by atoms with Crippen LogP contribution in [0.5, 0.6) is 0 Å². The zero-order valence-corrected chi connectivity index (χ0v) is 10.7. The maximum atomic E-state index is 9.88. The van der Waals surface area contributed by atoms with Crippen LogP contribution in [0.1, 0.15) is 11.4 Å². The van der Waals surface area contributed by atoms with Crippen molar-refractivity contribution < 1.29 is 5.11 Å². The van der Waals surface area contributed by atoms with Crippen LogP contribution in [0.3, 0.4) is 0 Å². The molecule has 19 heavy (non-hydrogen) atoms. The highest BCUT2D eigenvalue weighted by atomic mass is 16.3. The van der Waals surface area contributed by atoms with Crippen molar-refractivity contribution >= 4 is 11.4 Å². The minimum absolute atomic E-state index is 0.0678. The highest BCUT2D eigenvalue weighted by Crippen LogP contribution is 2.19. The Kier molecular flexibility index (Phi) is 3.61. The fraction of sp³-hybridized carbons (Fsp3) is 0.0667. The molecule has 2 aromatic rings. The molecule has 0 spiro atoms. The Hall–Kier alpha value is -2.62. The topological polar surface area (TPSA) is 50.4 Å². The van der Waals surface area contributed by atoms with Gasteiger partial charge in [-0.15, -0.1) is 0 Å². The number of fused-ring (bicyclic) bond motifs is 1. The van der Waals surface area contributed by atoms with Crippen molar-refractivity contribution in [1.82, 2.24) is 14.4 Å². The predicted octanol–water partition coefficient (Wildman–Crippen LogP) is 3.24. The second kappa shape index (κ2) is 5.35. The highest BCUT2D eigenvalue weighted by molar-refractivity contribution is 5.75. The van der Waals surface area contributed by atoms with Crippen molar-refractivity contribution in [2.24, 2.45) is 0 Å². The molecule has 2 rings (SSSR count). The van der Waals surface area contributed by atoms with E-state index in [1.165, 1.54) is 6.08 Å². The largest absolute Gasteiger partial charge is 0.507 e.